The van der Waals surface area contributed by atoms with Crippen LogP contribution < -0.4 is 0 Å². The second-order valence-corrected chi connectivity index (χ2v) is 4.51. The summed E-state index contributed by atoms with van der Waals surface area (Å²) in [7, 11) is 0. The molecule has 0 spiro atoms. The molecule has 0 aliphatic carbocycles. The van der Waals surface area contributed by atoms with Gasteiger partial charge in [-0.05, 0) is 36.2 Å². The topological polar surface area (TPSA) is 25.8 Å². The molecular formula is C17H14N2. The van der Waals surface area contributed by atoms with E-state index in [0.717, 1.165) is 16.8 Å². The van der Waals surface area contributed by atoms with Gasteiger partial charge in [-0.25, -0.2) is 0 Å². The fraction of sp³-hybridized carbons (Fsp3) is 0.0588. The summed E-state index contributed by atoms with van der Waals surface area (Å²) in [6, 6.07) is 16.6. The van der Waals surface area contributed by atoms with Crippen LogP contribution in [0.5, 0.6) is 0 Å². The molecule has 0 unspecified atom stereocenters. The zero-order chi connectivity index (χ0) is 13.1. The lowest BCUT2D eigenvalue weighted by atomic mass is 10.0. The molecule has 0 bridgehead atoms. The monoisotopic (exact) mass is 246 g/mol. The Hall–Kier alpha value is -2.48. The van der Waals surface area contributed by atoms with Crippen LogP contribution in [0.3, 0.4) is 0 Å². The Morgan fingerprint density at radius 3 is 2.11 bits per heavy atom. The first kappa shape index (κ1) is 11.6. The molecule has 2 heterocycles. The SMILES string of the molecule is Cc1ccc(-c2cccc(-c3cccnc3)c2)cn1. The molecule has 0 N–H and O–H groups in total. The molecule has 2 nitrogen and oxygen atoms in total. The van der Waals surface area contributed by atoms with Crippen LogP contribution in [0.4, 0.5) is 0 Å². The molecule has 0 aliphatic heterocycles. The van der Waals surface area contributed by atoms with Gasteiger partial charge in [0.15, 0.2) is 0 Å². The third-order valence-corrected chi connectivity index (χ3v) is 3.10. The Bertz CT molecular complexity index is 673. The molecule has 1 aromatic carbocycles. The zero-order valence-corrected chi connectivity index (χ0v) is 10.7. The Balaban J connectivity index is 2.03. The van der Waals surface area contributed by atoms with Gasteiger partial charge in [-0.2, -0.15) is 0 Å². The van der Waals surface area contributed by atoms with Crippen molar-refractivity contribution in [3.05, 3.63) is 72.8 Å². The van der Waals surface area contributed by atoms with Gasteiger partial charge in [-0.15, -0.1) is 0 Å². The number of nitrogens with zero attached hydrogens (tertiary/aromatic N) is 2. The second-order valence-electron chi connectivity index (χ2n) is 4.51. The van der Waals surface area contributed by atoms with Crippen molar-refractivity contribution in [3.63, 3.8) is 0 Å². The van der Waals surface area contributed by atoms with E-state index in [1.807, 2.05) is 31.5 Å². The van der Waals surface area contributed by atoms with Gasteiger partial charge >= 0.3 is 0 Å². The standard InChI is InChI=1S/C17H14N2/c1-13-7-8-17(12-19-13)15-5-2-4-14(10-15)16-6-3-9-18-11-16/h2-12H,1H3. The van der Waals surface area contributed by atoms with Crippen LogP contribution in [-0.2, 0) is 0 Å². The van der Waals surface area contributed by atoms with E-state index < -0.39 is 0 Å². The van der Waals surface area contributed by atoms with Gasteiger partial charge in [0.05, 0.1) is 0 Å². The predicted molar refractivity (Wildman–Crippen MR) is 77.6 cm³/mol. The molecule has 92 valence electrons. The number of benzene rings is 1. The highest BCUT2D eigenvalue weighted by Crippen LogP contribution is 2.25. The zero-order valence-electron chi connectivity index (χ0n) is 10.7. The van der Waals surface area contributed by atoms with Crippen molar-refractivity contribution in [2.24, 2.45) is 0 Å². The van der Waals surface area contributed by atoms with Crippen molar-refractivity contribution in [2.45, 2.75) is 6.92 Å². The van der Waals surface area contributed by atoms with E-state index in [9.17, 15) is 0 Å². The van der Waals surface area contributed by atoms with Crippen LogP contribution in [0.1, 0.15) is 5.69 Å². The van der Waals surface area contributed by atoms with E-state index in [4.69, 9.17) is 0 Å². The van der Waals surface area contributed by atoms with Crippen molar-refractivity contribution in [3.8, 4) is 22.3 Å². The summed E-state index contributed by atoms with van der Waals surface area (Å²) in [6.45, 7) is 2.00. The molecule has 0 aliphatic rings. The maximum atomic E-state index is 4.35. The molecule has 19 heavy (non-hydrogen) atoms. The van der Waals surface area contributed by atoms with Crippen LogP contribution in [0, 0.1) is 6.92 Å². The quantitative estimate of drug-likeness (QED) is 0.679. The van der Waals surface area contributed by atoms with Crippen molar-refractivity contribution >= 4 is 0 Å². The fourth-order valence-electron chi connectivity index (χ4n) is 2.05. The van der Waals surface area contributed by atoms with Gasteiger partial charge in [0.2, 0.25) is 0 Å². The number of rotatable bonds is 2. The molecule has 3 aromatic rings. The molecule has 3 rings (SSSR count). The van der Waals surface area contributed by atoms with Crippen LogP contribution in [0.2, 0.25) is 0 Å². The maximum Gasteiger partial charge on any atom is 0.0373 e. The average molecular weight is 246 g/mol. The van der Waals surface area contributed by atoms with Crippen molar-refractivity contribution in [1.82, 2.24) is 9.97 Å². The van der Waals surface area contributed by atoms with Gasteiger partial charge in [0.25, 0.3) is 0 Å². The third-order valence-electron chi connectivity index (χ3n) is 3.10. The first-order valence-corrected chi connectivity index (χ1v) is 6.26. The minimum atomic E-state index is 1.03. The maximum absolute atomic E-state index is 4.35. The summed E-state index contributed by atoms with van der Waals surface area (Å²) < 4.78 is 0. The first-order chi connectivity index (χ1) is 9.33. The lowest BCUT2D eigenvalue weighted by Gasteiger charge is -2.05. The highest BCUT2D eigenvalue weighted by atomic mass is 14.7. The van der Waals surface area contributed by atoms with Gasteiger partial charge < -0.3 is 0 Å². The molecular weight excluding hydrogens is 232 g/mol. The molecule has 0 fully saturated rings. The minimum Gasteiger partial charge on any atom is -0.264 e. The van der Waals surface area contributed by atoms with Crippen LogP contribution in [0.15, 0.2) is 67.1 Å². The first-order valence-electron chi connectivity index (χ1n) is 6.26. The van der Waals surface area contributed by atoms with E-state index in [0.29, 0.717) is 0 Å². The van der Waals surface area contributed by atoms with E-state index in [2.05, 4.69) is 46.4 Å². The number of aromatic nitrogens is 2. The van der Waals surface area contributed by atoms with E-state index >= 15 is 0 Å². The summed E-state index contributed by atoms with van der Waals surface area (Å²) in [4.78, 5) is 8.51. The molecule has 2 heteroatoms. The molecule has 2 aromatic heterocycles. The largest absolute Gasteiger partial charge is 0.264 e. The number of hydrogen-bond donors (Lipinski definition) is 0. The van der Waals surface area contributed by atoms with Crippen LogP contribution >= 0.6 is 0 Å². The molecule has 0 atom stereocenters. The average Bonchev–Trinajstić information content (AvgIpc) is 2.49. The Labute approximate surface area is 112 Å². The second kappa shape index (κ2) is 5.02. The third kappa shape index (κ3) is 2.52. The molecule has 0 radical (unpaired) electrons. The number of aryl methyl sites for hydroxylation is 1. The normalized spacial score (nSPS) is 10.4. The number of pyridine rings is 2. The highest BCUT2D eigenvalue weighted by molar-refractivity contribution is 5.72. The van der Waals surface area contributed by atoms with Gasteiger partial charge in [-0.1, -0.05) is 30.3 Å². The van der Waals surface area contributed by atoms with E-state index in [1.54, 1.807) is 6.20 Å². The van der Waals surface area contributed by atoms with Crippen molar-refractivity contribution in [2.75, 3.05) is 0 Å². The van der Waals surface area contributed by atoms with Crippen LogP contribution in [0.25, 0.3) is 22.3 Å². The summed E-state index contributed by atoms with van der Waals surface area (Å²) in [5.74, 6) is 0. The Kier molecular flexibility index (Phi) is 3.07. The Morgan fingerprint density at radius 2 is 1.47 bits per heavy atom. The summed E-state index contributed by atoms with van der Waals surface area (Å²) in [5.41, 5.74) is 5.65. The summed E-state index contributed by atoms with van der Waals surface area (Å²) in [6.07, 6.45) is 5.58. The van der Waals surface area contributed by atoms with Gasteiger partial charge in [-0.3, -0.25) is 9.97 Å². The van der Waals surface area contributed by atoms with Gasteiger partial charge in [0.1, 0.15) is 0 Å². The lowest BCUT2D eigenvalue weighted by Crippen LogP contribution is -1.84. The highest BCUT2D eigenvalue weighted by Gasteiger charge is 2.01. The van der Waals surface area contributed by atoms with Crippen molar-refractivity contribution in [1.29, 1.82) is 0 Å². The smallest absolute Gasteiger partial charge is 0.0373 e. The molecule has 0 saturated heterocycles. The molecule has 0 amide bonds. The summed E-state index contributed by atoms with van der Waals surface area (Å²) in [5, 5.41) is 0. The van der Waals surface area contributed by atoms with Crippen molar-refractivity contribution < 1.29 is 0 Å². The molecule has 0 saturated carbocycles. The predicted octanol–water partition coefficient (Wildman–Crippen LogP) is 4.12. The van der Waals surface area contributed by atoms with Crippen LogP contribution in [-0.4, -0.2) is 9.97 Å². The fourth-order valence-corrected chi connectivity index (χ4v) is 2.05. The lowest BCUT2D eigenvalue weighted by molar-refractivity contribution is 1.20. The summed E-state index contributed by atoms with van der Waals surface area (Å²) >= 11 is 0. The van der Waals surface area contributed by atoms with E-state index in [1.165, 1.54) is 11.1 Å². The van der Waals surface area contributed by atoms with E-state index in [-0.39, 0.29) is 0 Å². The Morgan fingerprint density at radius 1 is 0.737 bits per heavy atom. The number of hydrogen-bond acceptors (Lipinski definition) is 2. The minimum absolute atomic E-state index is 1.03. The van der Waals surface area contributed by atoms with Gasteiger partial charge in [0, 0.05) is 35.4 Å².